The van der Waals surface area contributed by atoms with Crippen molar-refractivity contribution in [3.63, 3.8) is 0 Å². The Morgan fingerprint density at radius 3 is 2.62 bits per heavy atom. The van der Waals surface area contributed by atoms with E-state index in [9.17, 15) is 0 Å². The lowest BCUT2D eigenvalue weighted by Gasteiger charge is -2.26. The minimum Gasteiger partial charge on any atom is -0.372 e. The third-order valence-electron chi connectivity index (χ3n) is 4.50. The smallest absolute Gasteiger partial charge is 0.0687 e. The molecule has 0 radical (unpaired) electrons. The molecule has 16 heavy (non-hydrogen) atoms. The second kappa shape index (κ2) is 5.39. The largest absolute Gasteiger partial charge is 0.372 e. The van der Waals surface area contributed by atoms with Crippen molar-refractivity contribution < 1.29 is 4.74 Å². The maximum Gasteiger partial charge on any atom is 0.0687 e. The van der Waals surface area contributed by atoms with E-state index in [1.54, 1.807) is 0 Å². The molecule has 0 bridgehead atoms. The van der Waals surface area contributed by atoms with Gasteiger partial charge < -0.3 is 4.74 Å². The van der Waals surface area contributed by atoms with Crippen LogP contribution in [-0.2, 0) is 4.74 Å². The van der Waals surface area contributed by atoms with Crippen LogP contribution in [0.1, 0.15) is 65.2 Å². The first-order valence-electron chi connectivity index (χ1n) is 6.97. The van der Waals surface area contributed by atoms with Crippen LogP contribution in [0, 0.1) is 5.92 Å². The lowest BCUT2D eigenvalue weighted by atomic mass is 9.95. The molecule has 1 nitrogen and oxygen atoms in total. The summed E-state index contributed by atoms with van der Waals surface area (Å²) in [6, 6.07) is 0. The van der Waals surface area contributed by atoms with Crippen molar-refractivity contribution in [3.05, 3.63) is 0 Å². The molecule has 0 aromatic heterocycles. The van der Waals surface area contributed by atoms with Crippen LogP contribution in [0.15, 0.2) is 0 Å². The van der Waals surface area contributed by atoms with Gasteiger partial charge >= 0.3 is 0 Å². The highest BCUT2D eigenvalue weighted by Gasteiger charge is 2.42. The highest BCUT2D eigenvalue weighted by atomic mass is 79.9. The molecule has 1 aliphatic heterocycles. The maximum absolute atomic E-state index is 6.35. The van der Waals surface area contributed by atoms with Crippen molar-refractivity contribution >= 4 is 15.9 Å². The van der Waals surface area contributed by atoms with Gasteiger partial charge in [-0.05, 0) is 44.4 Å². The molecule has 0 aromatic carbocycles. The average molecular weight is 289 g/mol. The second-order valence-electron chi connectivity index (χ2n) is 5.81. The summed E-state index contributed by atoms with van der Waals surface area (Å²) in [5.74, 6) is 0.742. The zero-order valence-corrected chi connectivity index (χ0v) is 12.3. The summed E-state index contributed by atoms with van der Waals surface area (Å²) in [5.41, 5.74) is 0.318. The lowest BCUT2D eigenvalue weighted by molar-refractivity contribution is -0.0434. The van der Waals surface area contributed by atoms with Crippen LogP contribution < -0.4 is 0 Å². The Morgan fingerprint density at radius 2 is 2.00 bits per heavy atom. The van der Waals surface area contributed by atoms with E-state index >= 15 is 0 Å². The molecule has 1 aliphatic carbocycles. The summed E-state index contributed by atoms with van der Waals surface area (Å²) < 4.78 is 6.35. The molecular formula is C14H25BrO. The van der Waals surface area contributed by atoms with E-state index < -0.39 is 0 Å². The minimum absolute atomic E-state index is 0.318. The van der Waals surface area contributed by atoms with Crippen molar-refractivity contribution in [2.24, 2.45) is 5.92 Å². The van der Waals surface area contributed by atoms with Crippen LogP contribution in [0.3, 0.4) is 0 Å². The Morgan fingerprint density at radius 1 is 1.31 bits per heavy atom. The fraction of sp³-hybridized carbons (Fsp3) is 1.00. The Bertz CT molecular complexity index is 223. The summed E-state index contributed by atoms with van der Waals surface area (Å²) in [7, 11) is 0. The van der Waals surface area contributed by atoms with E-state index in [2.05, 4.69) is 29.8 Å². The number of hydrogen-bond donors (Lipinski definition) is 0. The molecular weight excluding hydrogens is 264 g/mol. The topological polar surface area (TPSA) is 9.23 Å². The van der Waals surface area contributed by atoms with Gasteiger partial charge in [-0.1, -0.05) is 42.6 Å². The molecule has 0 N–H and O–H groups in total. The van der Waals surface area contributed by atoms with Gasteiger partial charge in [0.15, 0.2) is 0 Å². The molecule has 2 fully saturated rings. The number of ether oxygens (including phenoxy) is 1. The quantitative estimate of drug-likeness (QED) is 0.683. The number of rotatable bonds is 4. The van der Waals surface area contributed by atoms with Gasteiger partial charge in [-0.3, -0.25) is 0 Å². The van der Waals surface area contributed by atoms with Crippen molar-refractivity contribution in [1.82, 2.24) is 0 Å². The van der Waals surface area contributed by atoms with Crippen molar-refractivity contribution in [1.29, 1.82) is 0 Å². The van der Waals surface area contributed by atoms with Crippen molar-refractivity contribution in [2.75, 3.05) is 0 Å². The molecule has 3 unspecified atom stereocenters. The zero-order valence-electron chi connectivity index (χ0n) is 10.7. The molecule has 94 valence electrons. The summed E-state index contributed by atoms with van der Waals surface area (Å²) in [6.07, 6.45) is 11.0. The molecule has 1 saturated heterocycles. The van der Waals surface area contributed by atoms with Crippen LogP contribution in [0.2, 0.25) is 0 Å². The van der Waals surface area contributed by atoms with Gasteiger partial charge in [0.05, 0.1) is 11.7 Å². The fourth-order valence-corrected chi connectivity index (χ4v) is 3.63. The van der Waals surface area contributed by atoms with E-state index in [4.69, 9.17) is 4.74 Å². The van der Waals surface area contributed by atoms with Gasteiger partial charge in [0, 0.05) is 4.83 Å². The Hall–Kier alpha value is 0.440. The van der Waals surface area contributed by atoms with Crippen LogP contribution in [0.5, 0.6) is 0 Å². The van der Waals surface area contributed by atoms with E-state index in [-0.39, 0.29) is 0 Å². The second-order valence-corrected chi connectivity index (χ2v) is 6.98. The SMILES string of the molecule is CCC(Br)C(C)CC1CCC2(CCCC2)O1. The van der Waals surface area contributed by atoms with Crippen LogP contribution in [0.25, 0.3) is 0 Å². The highest BCUT2D eigenvalue weighted by Crippen LogP contribution is 2.44. The van der Waals surface area contributed by atoms with Crippen molar-refractivity contribution in [2.45, 2.75) is 81.7 Å². The third kappa shape index (κ3) is 2.81. The Labute approximate surface area is 108 Å². The standard InChI is InChI=1S/C14H25BrO/c1-3-13(15)11(2)10-12-6-9-14(16-12)7-4-5-8-14/h11-13H,3-10H2,1-2H3. The molecule has 2 aliphatic rings. The Kier molecular flexibility index (Phi) is 4.34. The van der Waals surface area contributed by atoms with Gasteiger partial charge in [0.1, 0.15) is 0 Å². The van der Waals surface area contributed by atoms with E-state index in [0.29, 0.717) is 16.5 Å². The van der Waals surface area contributed by atoms with E-state index in [1.807, 2.05) is 0 Å². The number of alkyl halides is 1. The Balaban J connectivity index is 1.80. The molecule has 0 amide bonds. The fourth-order valence-electron chi connectivity index (χ4n) is 3.41. The average Bonchev–Trinajstić information content (AvgIpc) is 2.89. The number of hydrogen-bond acceptors (Lipinski definition) is 1. The molecule has 2 rings (SSSR count). The van der Waals surface area contributed by atoms with E-state index in [1.165, 1.54) is 51.4 Å². The summed E-state index contributed by atoms with van der Waals surface area (Å²) in [4.78, 5) is 0.663. The lowest BCUT2D eigenvalue weighted by Crippen LogP contribution is -2.26. The normalized spacial score (nSPS) is 32.1. The number of halogens is 1. The van der Waals surface area contributed by atoms with Crippen LogP contribution in [-0.4, -0.2) is 16.5 Å². The van der Waals surface area contributed by atoms with Gasteiger partial charge in [-0.2, -0.15) is 0 Å². The van der Waals surface area contributed by atoms with E-state index in [0.717, 1.165) is 5.92 Å². The highest BCUT2D eigenvalue weighted by molar-refractivity contribution is 9.09. The van der Waals surface area contributed by atoms with Crippen LogP contribution in [0.4, 0.5) is 0 Å². The first kappa shape index (κ1) is 12.9. The van der Waals surface area contributed by atoms with Gasteiger partial charge in [-0.25, -0.2) is 0 Å². The molecule has 1 spiro atoms. The summed E-state index contributed by atoms with van der Waals surface area (Å²) >= 11 is 3.77. The molecule has 1 heterocycles. The molecule has 1 saturated carbocycles. The van der Waals surface area contributed by atoms with Gasteiger partial charge in [0.2, 0.25) is 0 Å². The predicted molar refractivity (Wildman–Crippen MR) is 72.1 cm³/mol. The first-order chi connectivity index (χ1) is 7.65. The summed E-state index contributed by atoms with van der Waals surface area (Å²) in [6.45, 7) is 4.61. The third-order valence-corrected chi connectivity index (χ3v) is 6.05. The molecule has 3 atom stereocenters. The monoisotopic (exact) mass is 288 g/mol. The zero-order chi connectivity index (χ0) is 11.6. The molecule has 2 heteroatoms. The van der Waals surface area contributed by atoms with Crippen molar-refractivity contribution in [3.8, 4) is 0 Å². The minimum atomic E-state index is 0.318. The molecule has 0 aromatic rings. The first-order valence-corrected chi connectivity index (χ1v) is 7.89. The maximum atomic E-state index is 6.35. The van der Waals surface area contributed by atoms with Gasteiger partial charge in [0.25, 0.3) is 0 Å². The van der Waals surface area contributed by atoms with Gasteiger partial charge in [-0.15, -0.1) is 0 Å². The predicted octanol–water partition coefficient (Wildman–Crippen LogP) is 4.68. The summed E-state index contributed by atoms with van der Waals surface area (Å²) in [5, 5.41) is 0. The van der Waals surface area contributed by atoms with Crippen LogP contribution >= 0.6 is 15.9 Å².